The van der Waals surface area contributed by atoms with Gasteiger partial charge in [0.25, 0.3) is 0 Å². The van der Waals surface area contributed by atoms with Gasteiger partial charge in [-0.3, -0.25) is 4.79 Å². The standard InChI is InChI=1S/C17H23N5OS/c1-17(2,3)12-6-8-13(9-7-12)19-14(23)10-24-16-21-20-15(22(16)18)11-4-5-11/h6-9,11H,4-5,10,18H2,1-3H3,(H,19,23). The summed E-state index contributed by atoms with van der Waals surface area (Å²) in [5.41, 5.74) is 2.13. The summed E-state index contributed by atoms with van der Waals surface area (Å²) in [6.07, 6.45) is 2.23. The highest BCUT2D eigenvalue weighted by Gasteiger charge is 2.30. The molecule has 0 aliphatic heterocycles. The molecule has 1 aromatic carbocycles. The molecule has 0 bridgehead atoms. The van der Waals surface area contributed by atoms with E-state index >= 15 is 0 Å². The Kier molecular flexibility index (Phi) is 4.54. The van der Waals surface area contributed by atoms with Crippen LogP contribution in [0, 0.1) is 0 Å². The molecule has 0 saturated heterocycles. The van der Waals surface area contributed by atoms with Gasteiger partial charge < -0.3 is 11.2 Å². The fraction of sp³-hybridized carbons (Fsp3) is 0.471. The minimum absolute atomic E-state index is 0.0838. The van der Waals surface area contributed by atoms with Crippen LogP contribution >= 0.6 is 11.8 Å². The number of nitrogen functional groups attached to an aromatic ring is 1. The van der Waals surface area contributed by atoms with Crippen LogP contribution in [0.4, 0.5) is 5.69 Å². The lowest BCUT2D eigenvalue weighted by atomic mass is 9.87. The van der Waals surface area contributed by atoms with Crippen LogP contribution in [0.2, 0.25) is 0 Å². The van der Waals surface area contributed by atoms with Gasteiger partial charge in [-0.1, -0.05) is 44.7 Å². The number of carbonyl (C=O) groups is 1. The molecule has 0 radical (unpaired) electrons. The molecule has 0 unspecified atom stereocenters. The molecule has 1 amide bonds. The fourth-order valence-electron chi connectivity index (χ4n) is 2.39. The van der Waals surface area contributed by atoms with Crippen molar-refractivity contribution in [3.05, 3.63) is 35.7 Å². The third-order valence-electron chi connectivity index (χ3n) is 4.00. The maximum Gasteiger partial charge on any atom is 0.234 e. The largest absolute Gasteiger partial charge is 0.336 e. The maximum atomic E-state index is 12.1. The van der Waals surface area contributed by atoms with Gasteiger partial charge in [0.05, 0.1) is 5.75 Å². The van der Waals surface area contributed by atoms with Crippen molar-refractivity contribution in [2.45, 2.75) is 50.1 Å². The van der Waals surface area contributed by atoms with Crippen LogP contribution in [-0.2, 0) is 10.2 Å². The zero-order valence-electron chi connectivity index (χ0n) is 14.2. The number of anilines is 1. The van der Waals surface area contributed by atoms with Gasteiger partial charge in [-0.15, -0.1) is 10.2 Å². The van der Waals surface area contributed by atoms with Gasteiger partial charge in [0, 0.05) is 11.6 Å². The number of thioether (sulfide) groups is 1. The number of amides is 1. The van der Waals surface area contributed by atoms with Crippen LogP contribution in [0.25, 0.3) is 0 Å². The van der Waals surface area contributed by atoms with Crippen molar-refractivity contribution < 1.29 is 4.79 Å². The molecular weight excluding hydrogens is 322 g/mol. The van der Waals surface area contributed by atoms with Crippen molar-refractivity contribution in [2.24, 2.45) is 0 Å². The number of rotatable bonds is 5. The minimum atomic E-state index is -0.0838. The summed E-state index contributed by atoms with van der Waals surface area (Å²) in [6.45, 7) is 6.49. The van der Waals surface area contributed by atoms with Crippen LogP contribution in [0.1, 0.15) is 50.9 Å². The molecule has 1 saturated carbocycles. The first-order valence-electron chi connectivity index (χ1n) is 8.08. The lowest BCUT2D eigenvalue weighted by molar-refractivity contribution is -0.113. The number of nitrogens with zero attached hydrogens (tertiary/aromatic N) is 3. The predicted octanol–water partition coefficient (Wildman–Crippen LogP) is 2.90. The first-order chi connectivity index (χ1) is 11.3. The van der Waals surface area contributed by atoms with E-state index in [2.05, 4.69) is 36.3 Å². The molecule has 1 fully saturated rings. The second kappa shape index (κ2) is 6.47. The van der Waals surface area contributed by atoms with Crippen LogP contribution < -0.4 is 11.2 Å². The van der Waals surface area contributed by atoms with E-state index in [1.54, 1.807) is 0 Å². The summed E-state index contributed by atoms with van der Waals surface area (Å²) in [5.74, 6) is 7.40. The molecule has 1 aromatic heterocycles. The van der Waals surface area contributed by atoms with Gasteiger partial charge >= 0.3 is 0 Å². The van der Waals surface area contributed by atoms with Crippen LogP contribution in [0.15, 0.2) is 29.4 Å². The third kappa shape index (κ3) is 3.90. The van der Waals surface area contributed by atoms with E-state index in [0.29, 0.717) is 11.1 Å². The summed E-state index contributed by atoms with van der Waals surface area (Å²) in [7, 11) is 0. The highest BCUT2D eigenvalue weighted by Crippen LogP contribution is 2.39. The smallest absolute Gasteiger partial charge is 0.234 e. The molecule has 3 rings (SSSR count). The normalized spacial score (nSPS) is 14.6. The number of nitrogens with two attached hydrogens (primary N) is 1. The highest BCUT2D eigenvalue weighted by atomic mass is 32.2. The van der Waals surface area contributed by atoms with Gasteiger partial charge in [0.2, 0.25) is 11.1 Å². The predicted molar refractivity (Wildman–Crippen MR) is 96.6 cm³/mol. The zero-order valence-corrected chi connectivity index (χ0v) is 15.1. The molecule has 1 aliphatic rings. The van der Waals surface area contributed by atoms with Crippen LogP contribution in [0.3, 0.4) is 0 Å². The van der Waals surface area contributed by atoms with Crippen molar-refractivity contribution in [1.82, 2.24) is 14.9 Å². The molecule has 2 aromatic rings. The quantitative estimate of drug-likeness (QED) is 0.643. The molecule has 0 atom stereocenters. The Bertz CT molecular complexity index is 728. The topological polar surface area (TPSA) is 85.8 Å². The molecule has 7 heteroatoms. The van der Waals surface area contributed by atoms with Crippen molar-refractivity contribution in [3.63, 3.8) is 0 Å². The van der Waals surface area contributed by atoms with Gasteiger partial charge in [0.1, 0.15) is 0 Å². The van der Waals surface area contributed by atoms with E-state index in [4.69, 9.17) is 5.84 Å². The van der Waals surface area contributed by atoms with E-state index in [9.17, 15) is 4.79 Å². The monoisotopic (exact) mass is 345 g/mol. The van der Waals surface area contributed by atoms with Crippen LogP contribution in [-0.4, -0.2) is 26.5 Å². The first kappa shape index (κ1) is 16.8. The second-order valence-corrected chi connectivity index (χ2v) is 8.09. The summed E-state index contributed by atoms with van der Waals surface area (Å²) in [4.78, 5) is 12.1. The van der Waals surface area contributed by atoms with E-state index in [1.165, 1.54) is 22.0 Å². The Morgan fingerprint density at radius 1 is 1.29 bits per heavy atom. The molecule has 1 aliphatic carbocycles. The second-order valence-electron chi connectivity index (χ2n) is 7.15. The van der Waals surface area contributed by atoms with E-state index in [-0.39, 0.29) is 17.1 Å². The summed E-state index contributed by atoms with van der Waals surface area (Å²) >= 11 is 1.30. The van der Waals surface area contributed by atoms with Crippen LogP contribution in [0.5, 0.6) is 0 Å². The zero-order chi connectivity index (χ0) is 17.3. The van der Waals surface area contributed by atoms with Gasteiger partial charge in [0.15, 0.2) is 5.82 Å². The Labute approximate surface area is 146 Å². The van der Waals surface area contributed by atoms with Gasteiger partial charge in [-0.05, 0) is 36.0 Å². The Morgan fingerprint density at radius 3 is 2.54 bits per heavy atom. The number of carbonyl (C=O) groups excluding carboxylic acids is 1. The molecule has 6 nitrogen and oxygen atoms in total. The Morgan fingerprint density at radius 2 is 1.96 bits per heavy atom. The highest BCUT2D eigenvalue weighted by molar-refractivity contribution is 7.99. The summed E-state index contributed by atoms with van der Waals surface area (Å²) < 4.78 is 1.51. The molecule has 3 N–H and O–H groups in total. The lowest BCUT2D eigenvalue weighted by Gasteiger charge is -2.19. The lowest BCUT2D eigenvalue weighted by Crippen LogP contribution is -2.17. The molecule has 1 heterocycles. The minimum Gasteiger partial charge on any atom is -0.336 e. The third-order valence-corrected chi connectivity index (χ3v) is 4.94. The number of nitrogens with one attached hydrogen (secondary N) is 1. The molecule has 0 spiro atoms. The molecular formula is C17H23N5OS. The maximum absolute atomic E-state index is 12.1. The Hall–Kier alpha value is -2.02. The van der Waals surface area contributed by atoms with Crippen molar-refractivity contribution in [3.8, 4) is 0 Å². The number of hydrogen-bond acceptors (Lipinski definition) is 5. The van der Waals surface area contributed by atoms with Crippen molar-refractivity contribution in [1.29, 1.82) is 0 Å². The number of benzene rings is 1. The number of hydrogen-bond donors (Lipinski definition) is 2. The van der Waals surface area contributed by atoms with Crippen molar-refractivity contribution in [2.75, 3.05) is 16.9 Å². The van der Waals surface area contributed by atoms with E-state index in [0.717, 1.165) is 24.4 Å². The van der Waals surface area contributed by atoms with Gasteiger partial charge in [-0.2, -0.15) is 0 Å². The van der Waals surface area contributed by atoms with Crippen molar-refractivity contribution >= 4 is 23.4 Å². The molecule has 24 heavy (non-hydrogen) atoms. The molecule has 128 valence electrons. The SMILES string of the molecule is CC(C)(C)c1ccc(NC(=O)CSc2nnc(C3CC3)n2N)cc1. The average Bonchev–Trinajstić information content (AvgIpc) is 3.29. The van der Waals surface area contributed by atoms with E-state index < -0.39 is 0 Å². The summed E-state index contributed by atoms with van der Waals surface area (Å²) in [5, 5.41) is 11.6. The number of aromatic nitrogens is 3. The first-order valence-corrected chi connectivity index (χ1v) is 9.07. The average molecular weight is 345 g/mol. The summed E-state index contributed by atoms with van der Waals surface area (Å²) in [6, 6.07) is 7.95. The van der Waals surface area contributed by atoms with Gasteiger partial charge in [-0.25, -0.2) is 4.68 Å². The Balaban J connectivity index is 1.54. The van der Waals surface area contributed by atoms with E-state index in [1.807, 2.05) is 24.3 Å². The fourth-order valence-corrected chi connectivity index (χ4v) is 3.05.